The van der Waals surface area contributed by atoms with Crippen LogP contribution in [0.2, 0.25) is 0 Å². The van der Waals surface area contributed by atoms with Crippen LogP contribution in [0.1, 0.15) is 25.3 Å². The monoisotopic (exact) mass is 408 g/mol. The molecule has 2 heterocycles. The molecule has 0 radical (unpaired) electrons. The van der Waals surface area contributed by atoms with E-state index < -0.39 is 10.8 Å². The summed E-state index contributed by atoms with van der Waals surface area (Å²) < 4.78 is 12.2. The van der Waals surface area contributed by atoms with Crippen LogP contribution in [0.25, 0.3) is 22.6 Å². The van der Waals surface area contributed by atoms with Crippen molar-refractivity contribution in [2.24, 2.45) is 0 Å². The molecule has 0 saturated carbocycles. The molecule has 0 saturated heterocycles. The van der Waals surface area contributed by atoms with Gasteiger partial charge in [0.1, 0.15) is 16.7 Å². The van der Waals surface area contributed by atoms with Crippen LogP contribution in [0, 0.1) is 11.3 Å². The Hall–Kier alpha value is -2.56. The molecule has 5 nitrogen and oxygen atoms in total. The molecule has 0 fully saturated rings. The maximum Gasteiger partial charge on any atom is 0.162 e. The van der Waals surface area contributed by atoms with Gasteiger partial charge in [-0.1, -0.05) is 55.4 Å². The highest BCUT2D eigenvalue weighted by molar-refractivity contribution is 8.10. The highest BCUT2D eigenvalue weighted by Gasteiger charge is 2.18. The summed E-state index contributed by atoms with van der Waals surface area (Å²) in [6.45, 7) is 2.08. The smallest absolute Gasteiger partial charge is 0.162 e. The molecule has 0 N–H and O–H groups in total. The number of unbranched alkanes of at least 4 members (excludes halogenated alkanes) is 1. The van der Waals surface area contributed by atoms with Crippen molar-refractivity contribution >= 4 is 22.6 Å². The summed E-state index contributed by atoms with van der Waals surface area (Å²) >= 11 is 1.35. The fraction of sp³-hybridized carbons (Fsp3) is 0.238. The number of benzene rings is 1. The first kappa shape index (κ1) is 20.2. The SMILES string of the molecule is CCCCS(=O)CSc1nc(-c2cccnc2)nc(-c2ccccc2)c1C#N. The molecule has 1 unspecified atom stereocenters. The van der Waals surface area contributed by atoms with Gasteiger partial charge in [-0.05, 0) is 18.6 Å². The van der Waals surface area contributed by atoms with Gasteiger partial charge in [0, 0.05) is 40.1 Å². The van der Waals surface area contributed by atoms with Gasteiger partial charge >= 0.3 is 0 Å². The number of nitriles is 1. The van der Waals surface area contributed by atoms with E-state index >= 15 is 0 Å². The zero-order valence-corrected chi connectivity index (χ0v) is 17.2. The molecule has 0 aliphatic heterocycles. The first-order valence-corrected chi connectivity index (χ1v) is 11.5. The second-order valence-electron chi connectivity index (χ2n) is 6.06. The fourth-order valence-corrected chi connectivity index (χ4v) is 5.05. The number of pyridine rings is 1. The van der Waals surface area contributed by atoms with Crippen LogP contribution in [-0.4, -0.2) is 30.0 Å². The van der Waals surface area contributed by atoms with Crippen molar-refractivity contribution < 1.29 is 4.21 Å². The van der Waals surface area contributed by atoms with E-state index in [1.165, 1.54) is 11.8 Å². The molecule has 28 heavy (non-hydrogen) atoms. The zero-order chi connectivity index (χ0) is 19.8. The quantitative estimate of drug-likeness (QED) is 0.398. The van der Waals surface area contributed by atoms with Crippen molar-refractivity contribution in [2.75, 3.05) is 10.8 Å². The minimum absolute atomic E-state index is 0.409. The van der Waals surface area contributed by atoms with Crippen LogP contribution in [0.3, 0.4) is 0 Å². The molecule has 0 aliphatic rings. The third-order valence-corrected chi connectivity index (χ3v) is 6.84. The van der Waals surface area contributed by atoms with E-state index in [1.54, 1.807) is 12.4 Å². The van der Waals surface area contributed by atoms with Gasteiger partial charge in [-0.3, -0.25) is 9.19 Å². The molecular formula is C21H20N4OS2. The number of thioether (sulfide) groups is 1. The molecule has 2 aromatic heterocycles. The predicted molar refractivity (Wildman–Crippen MR) is 114 cm³/mol. The second-order valence-corrected chi connectivity index (χ2v) is 8.96. The Bertz CT molecular complexity index is 989. The van der Waals surface area contributed by atoms with Crippen molar-refractivity contribution in [3.8, 4) is 28.7 Å². The van der Waals surface area contributed by atoms with Gasteiger partial charge in [0.25, 0.3) is 0 Å². The van der Waals surface area contributed by atoms with Crippen LogP contribution in [0.15, 0.2) is 59.9 Å². The van der Waals surface area contributed by atoms with E-state index in [9.17, 15) is 9.47 Å². The lowest BCUT2D eigenvalue weighted by molar-refractivity contribution is 0.682. The van der Waals surface area contributed by atoms with E-state index in [1.807, 2.05) is 42.5 Å². The average molecular weight is 409 g/mol. The van der Waals surface area contributed by atoms with Crippen molar-refractivity contribution in [3.63, 3.8) is 0 Å². The highest BCUT2D eigenvalue weighted by Crippen LogP contribution is 2.31. The van der Waals surface area contributed by atoms with E-state index in [0.29, 0.717) is 32.9 Å². The molecule has 1 aromatic carbocycles. The normalized spacial score (nSPS) is 11.7. The van der Waals surface area contributed by atoms with E-state index in [-0.39, 0.29) is 0 Å². The molecule has 0 spiro atoms. The van der Waals surface area contributed by atoms with Crippen LogP contribution in [0.4, 0.5) is 0 Å². The third kappa shape index (κ3) is 5.03. The van der Waals surface area contributed by atoms with Gasteiger partial charge in [-0.15, -0.1) is 0 Å². The number of rotatable bonds is 8. The molecule has 1 atom stereocenters. The lowest BCUT2D eigenvalue weighted by Crippen LogP contribution is -2.03. The van der Waals surface area contributed by atoms with Crippen LogP contribution >= 0.6 is 11.8 Å². The van der Waals surface area contributed by atoms with Crippen molar-refractivity contribution in [1.82, 2.24) is 15.0 Å². The molecule has 0 bridgehead atoms. The Morgan fingerprint density at radius 3 is 2.57 bits per heavy atom. The number of hydrogen-bond acceptors (Lipinski definition) is 6. The Morgan fingerprint density at radius 1 is 1.11 bits per heavy atom. The summed E-state index contributed by atoms with van der Waals surface area (Å²) in [5.74, 6) is 1.17. The van der Waals surface area contributed by atoms with Crippen LogP contribution in [-0.2, 0) is 10.8 Å². The molecule has 3 aromatic rings. The van der Waals surface area contributed by atoms with Crippen LogP contribution in [0.5, 0.6) is 0 Å². The van der Waals surface area contributed by atoms with Crippen molar-refractivity contribution in [3.05, 3.63) is 60.4 Å². The summed E-state index contributed by atoms with van der Waals surface area (Å²) in [4.78, 5) is 13.4. The van der Waals surface area contributed by atoms with Gasteiger partial charge in [-0.25, -0.2) is 9.97 Å². The van der Waals surface area contributed by atoms with Gasteiger partial charge in [0.15, 0.2) is 5.82 Å². The van der Waals surface area contributed by atoms with Crippen molar-refractivity contribution in [1.29, 1.82) is 5.26 Å². The Balaban J connectivity index is 2.04. The minimum atomic E-state index is -0.952. The third-order valence-electron chi connectivity index (χ3n) is 4.01. The van der Waals surface area contributed by atoms with E-state index in [0.717, 1.165) is 24.0 Å². The Labute approximate surface area is 171 Å². The number of nitrogens with zero attached hydrogens (tertiary/aromatic N) is 4. The number of aromatic nitrogens is 3. The standard InChI is InChI=1S/C21H20N4OS2/c1-2-3-12-28(26)15-27-21-18(13-22)19(16-8-5-4-6-9-16)24-20(25-21)17-10-7-11-23-14-17/h4-11,14H,2-3,12,15H2,1H3. The molecule has 3 rings (SSSR count). The van der Waals surface area contributed by atoms with Gasteiger partial charge in [-0.2, -0.15) is 5.26 Å². The Morgan fingerprint density at radius 2 is 1.89 bits per heavy atom. The molecule has 0 amide bonds. The summed E-state index contributed by atoms with van der Waals surface area (Å²) in [5, 5.41) is 10.8. The summed E-state index contributed by atoms with van der Waals surface area (Å²) in [6.07, 6.45) is 5.33. The van der Waals surface area contributed by atoms with Gasteiger partial charge < -0.3 is 0 Å². The molecule has 142 valence electrons. The maximum atomic E-state index is 12.2. The zero-order valence-electron chi connectivity index (χ0n) is 15.5. The predicted octanol–water partition coefficient (Wildman–Crippen LogP) is 4.68. The molecule has 0 aliphatic carbocycles. The van der Waals surface area contributed by atoms with Gasteiger partial charge in [0.2, 0.25) is 0 Å². The van der Waals surface area contributed by atoms with E-state index in [4.69, 9.17) is 0 Å². The summed E-state index contributed by atoms with van der Waals surface area (Å²) in [5.41, 5.74) is 2.62. The highest BCUT2D eigenvalue weighted by atomic mass is 32.2. The fourth-order valence-electron chi connectivity index (χ4n) is 2.56. The lowest BCUT2D eigenvalue weighted by Gasteiger charge is -2.11. The largest absolute Gasteiger partial charge is 0.264 e. The van der Waals surface area contributed by atoms with Crippen molar-refractivity contribution in [2.45, 2.75) is 24.8 Å². The van der Waals surface area contributed by atoms with Crippen LogP contribution < -0.4 is 0 Å². The minimum Gasteiger partial charge on any atom is -0.264 e. The Kier molecular flexibility index (Phi) is 7.29. The van der Waals surface area contributed by atoms with Gasteiger partial charge in [0.05, 0.1) is 10.8 Å². The molecule has 7 heteroatoms. The van der Waals surface area contributed by atoms with E-state index in [2.05, 4.69) is 27.9 Å². The average Bonchev–Trinajstić information content (AvgIpc) is 2.76. The second kappa shape index (κ2) is 10.1. The topological polar surface area (TPSA) is 79.5 Å². The maximum absolute atomic E-state index is 12.2. The first-order valence-electron chi connectivity index (χ1n) is 8.98. The first-order chi connectivity index (χ1) is 13.7. The lowest BCUT2D eigenvalue weighted by atomic mass is 10.1. The number of hydrogen-bond donors (Lipinski definition) is 0. The molecular weight excluding hydrogens is 388 g/mol. The summed E-state index contributed by atoms with van der Waals surface area (Å²) in [7, 11) is -0.952. The summed E-state index contributed by atoms with van der Waals surface area (Å²) in [6, 6.07) is 15.5.